The number of aliphatic hydroxyl groups is 1. The Balaban J connectivity index is 2.32. The lowest BCUT2D eigenvalue weighted by atomic mass is 10.1. The summed E-state index contributed by atoms with van der Waals surface area (Å²) in [6, 6.07) is 12.6. The van der Waals surface area contributed by atoms with Crippen molar-refractivity contribution in [3.8, 4) is 17.2 Å². The predicted molar refractivity (Wildman–Crippen MR) is 83.0 cm³/mol. The Hall–Kier alpha value is -2.62. The molecule has 0 unspecified atom stereocenters. The molecule has 0 aliphatic carbocycles. The van der Waals surface area contributed by atoms with Crippen LogP contribution in [0.5, 0.6) is 17.2 Å². The van der Waals surface area contributed by atoms with Crippen molar-refractivity contribution in [2.24, 2.45) is 0 Å². The summed E-state index contributed by atoms with van der Waals surface area (Å²) in [5.74, 6) is 2.24. The number of aliphatic hydroxyl groups excluding tert-OH is 1. The fraction of sp³-hybridized carbons (Fsp3) is 0.176. The van der Waals surface area contributed by atoms with Crippen LogP contribution in [0.1, 0.15) is 11.1 Å². The summed E-state index contributed by atoms with van der Waals surface area (Å²) >= 11 is 0. The second-order valence-electron chi connectivity index (χ2n) is 4.40. The van der Waals surface area contributed by atoms with E-state index in [4.69, 9.17) is 14.2 Å². The number of rotatable bonds is 5. The third-order valence-electron chi connectivity index (χ3n) is 3.06. The van der Waals surface area contributed by atoms with Crippen LogP contribution in [-0.2, 0) is 0 Å². The summed E-state index contributed by atoms with van der Waals surface area (Å²) in [6.45, 7) is 0. The van der Waals surface area contributed by atoms with E-state index in [1.807, 2.05) is 12.1 Å². The van der Waals surface area contributed by atoms with E-state index in [2.05, 4.69) is 0 Å². The normalized spacial score (nSPS) is 11.1. The van der Waals surface area contributed by atoms with Crippen molar-refractivity contribution in [3.63, 3.8) is 0 Å². The third-order valence-corrected chi connectivity index (χ3v) is 3.06. The minimum Gasteiger partial charge on any atom is -0.507 e. The van der Waals surface area contributed by atoms with E-state index in [-0.39, 0.29) is 5.76 Å². The molecule has 0 aliphatic heterocycles. The van der Waals surface area contributed by atoms with Gasteiger partial charge in [0.15, 0.2) is 0 Å². The van der Waals surface area contributed by atoms with Crippen molar-refractivity contribution in [2.45, 2.75) is 0 Å². The summed E-state index contributed by atoms with van der Waals surface area (Å²) < 4.78 is 15.5. The molecule has 0 aromatic heterocycles. The molecule has 0 bridgehead atoms. The maximum Gasteiger partial charge on any atom is 0.123 e. The molecule has 0 fully saturated rings. The van der Waals surface area contributed by atoms with E-state index in [1.165, 1.54) is 0 Å². The molecule has 0 heterocycles. The molecular weight excluding hydrogens is 268 g/mol. The fourth-order valence-corrected chi connectivity index (χ4v) is 1.92. The zero-order valence-electron chi connectivity index (χ0n) is 12.3. The first kappa shape index (κ1) is 14.8. The van der Waals surface area contributed by atoms with Gasteiger partial charge in [0.25, 0.3) is 0 Å². The molecule has 0 saturated heterocycles. The first-order chi connectivity index (χ1) is 10.2. The molecule has 2 aromatic carbocycles. The van der Waals surface area contributed by atoms with Crippen LogP contribution in [0.15, 0.2) is 42.5 Å². The highest BCUT2D eigenvalue weighted by Gasteiger charge is 2.04. The van der Waals surface area contributed by atoms with Crippen molar-refractivity contribution in [1.82, 2.24) is 0 Å². The van der Waals surface area contributed by atoms with E-state index < -0.39 is 0 Å². The van der Waals surface area contributed by atoms with Crippen LogP contribution in [0.3, 0.4) is 0 Å². The molecule has 2 aromatic rings. The van der Waals surface area contributed by atoms with Crippen LogP contribution in [0.25, 0.3) is 11.8 Å². The molecule has 1 N–H and O–H groups in total. The predicted octanol–water partition coefficient (Wildman–Crippen LogP) is 3.77. The molecule has 2 rings (SSSR count). The van der Waals surface area contributed by atoms with Crippen molar-refractivity contribution in [1.29, 1.82) is 0 Å². The van der Waals surface area contributed by atoms with E-state index in [0.717, 1.165) is 11.3 Å². The Morgan fingerprint density at radius 2 is 1.33 bits per heavy atom. The number of hydrogen-bond acceptors (Lipinski definition) is 4. The molecule has 0 saturated carbocycles. The maximum absolute atomic E-state index is 10.2. The first-order valence-corrected chi connectivity index (χ1v) is 6.44. The van der Waals surface area contributed by atoms with E-state index in [1.54, 1.807) is 57.7 Å². The maximum atomic E-state index is 10.2. The molecule has 0 aliphatic rings. The molecule has 0 spiro atoms. The van der Waals surface area contributed by atoms with E-state index in [9.17, 15) is 5.11 Å². The average Bonchev–Trinajstić information content (AvgIpc) is 2.54. The highest BCUT2D eigenvalue weighted by molar-refractivity contribution is 5.77. The standard InChI is InChI=1S/C17H18O4/c1-19-14-6-4-13(5-7-14)17(18)10-12-8-15(20-2)11-16(9-12)21-3/h4-11,18H,1-3H3/b17-10-. The minimum atomic E-state index is 0.160. The molecule has 4 heteroatoms. The highest BCUT2D eigenvalue weighted by Crippen LogP contribution is 2.25. The Labute approximate surface area is 124 Å². The van der Waals surface area contributed by atoms with Gasteiger partial charge in [-0.3, -0.25) is 0 Å². The van der Waals surface area contributed by atoms with Crippen LogP contribution in [0, 0.1) is 0 Å². The molecule has 0 amide bonds. The van der Waals surface area contributed by atoms with E-state index >= 15 is 0 Å². The number of ether oxygens (including phenoxy) is 3. The Morgan fingerprint density at radius 1 is 0.810 bits per heavy atom. The summed E-state index contributed by atoms with van der Waals surface area (Å²) in [5, 5.41) is 10.2. The lowest BCUT2D eigenvalue weighted by Gasteiger charge is -2.07. The zero-order chi connectivity index (χ0) is 15.2. The van der Waals surface area contributed by atoms with Gasteiger partial charge in [-0.15, -0.1) is 0 Å². The van der Waals surface area contributed by atoms with Crippen molar-refractivity contribution >= 4 is 11.8 Å². The Morgan fingerprint density at radius 3 is 1.81 bits per heavy atom. The lowest BCUT2D eigenvalue weighted by Crippen LogP contribution is -1.89. The van der Waals surface area contributed by atoms with Gasteiger partial charge in [-0.1, -0.05) is 0 Å². The molecule has 0 atom stereocenters. The molecule has 0 radical (unpaired) electrons. The lowest BCUT2D eigenvalue weighted by molar-refractivity contribution is 0.394. The molecule has 110 valence electrons. The molecular formula is C17H18O4. The largest absolute Gasteiger partial charge is 0.507 e. The minimum absolute atomic E-state index is 0.160. The highest BCUT2D eigenvalue weighted by atomic mass is 16.5. The van der Waals surface area contributed by atoms with Crippen molar-refractivity contribution < 1.29 is 19.3 Å². The summed E-state index contributed by atoms with van der Waals surface area (Å²) in [4.78, 5) is 0. The number of methoxy groups -OCH3 is 3. The number of hydrogen-bond donors (Lipinski definition) is 1. The zero-order valence-corrected chi connectivity index (χ0v) is 12.3. The van der Waals surface area contributed by atoms with Gasteiger partial charge in [0.1, 0.15) is 23.0 Å². The fourth-order valence-electron chi connectivity index (χ4n) is 1.92. The smallest absolute Gasteiger partial charge is 0.123 e. The SMILES string of the molecule is COc1ccc(/C(O)=C/c2cc(OC)cc(OC)c2)cc1. The third kappa shape index (κ3) is 3.69. The summed E-state index contributed by atoms with van der Waals surface area (Å²) in [6.07, 6.45) is 1.66. The Bertz CT molecular complexity index is 607. The van der Waals surface area contributed by atoms with Crippen LogP contribution >= 0.6 is 0 Å². The topological polar surface area (TPSA) is 47.9 Å². The van der Waals surface area contributed by atoms with Gasteiger partial charge < -0.3 is 19.3 Å². The number of benzene rings is 2. The summed E-state index contributed by atoms with van der Waals surface area (Å²) in [7, 11) is 4.78. The van der Waals surface area contributed by atoms with Crippen LogP contribution in [-0.4, -0.2) is 26.4 Å². The van der Waals surface area contributed by atoms with Gasteiger partial charge in [0.05, 0.1) is 21.3 Å². The van der Waals surface area contributed by atoms with Gasteiger partial charge in [0, 0.05) is 11.6 Å². The van der Waals surface area contributed by atoms with Crippen LogP contribution in [0.4, 0.5) is 0 Å². The van der Waals surface area contributed by atoms with E-state index in [0.29, 0.717) is 17.1 Å². The quantitative estimate of drug-likeness (QED) is 0.671. The monoisotopic (exact) mass is 286 g/mol. The second kappa shape index (κ2) is 6.70. The second-order valence-corrected chi connectivity index (χ2v) is 4.40. The van der Waals surface area contributed by atoms with Gasteiger partial charge in [0.2, 0.25) is 0 Å². The van der Waals surface area contributed by atoms with Crippen molar-refractivity contribution in [2.75, 3.05) is 21.3 Å². The molecule has 21 heavy (non-hydrogen) atoms. The van der Waals surface area contributed by atoms with Gasteiger partial charge in [-0.05, 0) is 48.0 Å². The van der Waals surface area contributed by atoms with Crippen LogP contribution in [0.2, 0.25) is 0 Å². The van der Waals surface area contributed by atoms with Crippen LogP contribution < -0.4 is 14.2 Å². The molecule has 4 nitrogen and oxygen atoms in total. The van der Waals surface area contributed by atoms with Gasteiger partial charge in [-0.2, -0.15) is 0 Å². The van der Waals surface area contributed by atoms with Gasteiger partial charge in [-0.25, -0.2) is 0 Å². The van der Waals surface area contributed by atoms with Crippen molar-refractivity contribution in [3.05, 3.63) is 53.6 Å². The first-order valence-electron chi connectivity index (χ1n) is 6.44. The average molecular weight is 286 g/mol. The summed E-state index contributed by atoms with van der Waals surface area (Å²) in [5.41, 5.74) is 1.50. The Kier molecular flexibility index (Phi) is 4.72. The van der Waals surface area contributed by atoms with Gasteiger partial charge >= 0.3 is 0 Å².